The molecule has 0 radical (unpaired) electrons. The lowest BCUT2D eigenvalue weighted by Crippen LogP contribution is -2.43. The normalized spacial score (nSPS) is 14.6. The molecular weight excluding hydrogens is 1540 g/mol. The van der Waals surface area contributed by atoms with Crippen molar-refractivity contribution in [1.29, 1.82) is 0 Å². The second-order valence-corrected chi connectivity index (χ2v) is 27.6. The fourth-order valence-electron chi connectivity index (χ4n) is 12.3. The molecule has 6 heterocycles. The number of rotatable bonds is 27. The van der Waals surface area contributed by atoms with Crippen LogP contribution in [0.2, 0.25) is 0 Å². The van der Waals surface area contributed by atoms with Crippen molar-refractivity contribution in [1.82, 2.24) is 49.5 Å². The molecule has 3 saturated heterocycles. The van der Waals surface area contributed by atoms with Crippen molar-refractivity contribution in [2.75, 3.05) is 136 Å². The van der Waals surface area contributed by atoms with Gasteiger partial charge in [0.2, 0.25) is 0 Å². The van der Waals surface area contributed by atoms with E-state index in [1.165, 1.54) is 58.5 Å². The molecule has 0 spiro atoms. The molecule has 3 amide bonds. The van der Waals surface area contributed by atoms with Crippen molar-refractivity contribution in [2.24, 2.45) is 17.8 Å². The number of anilines is 6. The van der Waals surface area contributed by atoms with Crippen LogP contribution in [-0.4, -0.2) is 188 Å². The molecule has 3 fully saturated rings. The average molecular weight is 1610 g/mol. The van der Waals surface area contributed by atoms with E-state index in [0.29, 0.717) is 196 Å². The first-order valence-electron chi connectivity index (χ1n) is 33.6. The van der Waals surface area contributed by atoms with E-state index in [2.05, 4.69) is 93.6 Å². The van der Waals surface area contributed by atoms with Crippen molar-refractivity contribution in [3.63, 3.8) is 0 Å². The maximum atomic E-state index is 14.8. The molecular formula is C72H75Br3F3N13O12. The van der Waals surface area contributed by atoms with Crippen molar-refractivity contribution >= 4 is 133 Å². The number of hydrogen-bond donors (Lipinski definition) is 3. The van der Waals surface area contributed by atoms with E-state index < -0.39 is 35.7 Å². The van der Waals surface area contributed by atoms with E-state index in [0.717, 1.165) is 0 Å². The van der Waals surface area contributed by atoms with Crippen LogP contribution in [0, 0.1) is 35.2 Å². The third-order valence-corrected chi connectivity index (χ3v) is 19.7. The molecule has 0 bridgehead atoms. The number of methoxy groups -OCH3 is 3. The number of hydrogen-bond acceptors (Lipinski definition) is 22. The van der Waals surface area contributed by atoms with Crippen LogP contribution in [0.4, 0.5) is 62.1 Å². The largest absolute Gasteiger partial charge is 0.493 e. The zero-order valence-corrected chi connectivity index (χ0v) is 61.4. The summed E-state index contributed by atoms with van der Waals surface area (Å²) in [5, 5.41) is 11.0. The zero-order chi connectivity index (χ0) is 71.9. The summed E-state index contributed by atoms with van der Waals surface area (Å²) in [4.78, 5) is 74.1. The third kappa shape index (κ3) is 18.9. The Labute approximate surface area is 616 Å². The van der Waals surface area contributed by atoms with Crippen LogP contribution < -0.4 is 44.4 Å². The summed E-state index contributed by atoms with van der Waals surface area (Å²) in [5.74, 6) is 3.01. The Morgan fingerprint density at radius 2 is 0.699 bits per heavy atom. The lowest BCUT2D eigenvalue weighted by atomic mass is 9.98. The van der Waals surface area contributed by atoms with Crippen LogP contribution in [0.3, 0.4) is 0 Å². The summed E-state index contributed by atoms with van der Waals surface area (Å²) in [5.41, 5.74) is 2.45. The van der Waals surface area contributed by atoms with Gasteiger partial charge in [0.15, 0.2) is 34.5 Å². The Morgan fingerprint density at radius 3 is 0.961 bits per heavy atom. The molecule has 0 saturated carbocycles. The molecule has 3 aromatic heterocycles. The van der Waals surface area contributed by atoms with Gasteiger partial charge in [-0.25, -0.2) is 57.5 Å². The van der Waals surface area contributed by atoms with Gasteiger partial charge in [-0.1, -0.05) is 47.8 Å². The molecule has 103 heavy (non-hydrogen) atoms. The first kappa shape index (κ1) is 73.3. The van der Waals surface area contributed by atoms with Gasteiger partial charge in [-0.2, -0.15) is 0 Å². The number of halogens is 6. The molecule has 0 atom stereocenters. The van der Waals surface area contributed by atoms with Gasteiger partial charge < -0.3 is 73.3 Å². The Balaban J connectivity index is 0.609. The van der Waals surface area contributed by atoms with Crippen LogP contribution in [0.25, 0.3) is 32.7 Å². The first-order valence-corrected chi connectivity index (χ1v) is 35.9. The van der Waals surface area contributed by atoms with Gasteiger partial charge in [-0.05, 0) is 129 Å². The number of piperidine rings is 3. The van der Waals surface area contributed by atoms with E-state index in [1.54, 1.807) is 87.5 Å². The average Bonchev–Trinajstić information content (AvgIpc) is 0.802. The maximum Gasteiger partial charge on any atom is 0.409 e. The number of carbonyl (C=O) groups excluding carboxylic acids is 3. The number of nitrogens with one attached hydrogen (secondary N) is 3. The smallest absolute Gasteiger partial charge is 0.409 e. The van der Waals surface area contributed by atoms with E-state index in [4.69, 9.17) is 42.6 Å². The van der Waals surface area contributed by atoms with Gasteiger partial charge in [-0.15, -0.1) is 0 Å². The standard InChI is InChI=1S/C72H75Br3F3N13O12/c1-95-61-31-49-58(79-40-82-67(49)85-55-7-4-46(73)28-52(55)76)34-64(61)101-37-43-10-16-89(17-11-43)70(92)98-25-22-88(23-26-99-71(93)90-18-12-44(13-19-90)38-102-65-35-59-50(32-62(65)96-2)68(83-41-80-59)86-56-8-5-47(74)29-53(56)77)24-27-100-72(94)91-20-14-45(15-21-91)39-103-66-36-60-51(33-63(66)97-3)69(84-42-81-60)87-57-9-6-48(75)30-54(57)78/h4-9,28-36,40-45H,10-27,37-39H2,1-3H3,(H,79,82,85)(H,80,83,86)(H,81,84,87). The molecule has 542 valence electrons. The Kier molecular flexibility index (Phi) is 24.7. The molecule has 3 aliphatic heterocycles. The highest BCUT2D eigenvalue weighted by Crippen LogP contribution is 2.40. The topological polar surface area (TPSA) is 261 Å². The van der Waals surface area contributed by atoms with Crippen molar-refractivity contribution in [3.05, 3.63) is 141 Å². The predicted molar refractivity (Wildman–Crippen MR) is 390 cm³/mol. The number of amides is 3. The highest BCUT2D eigenvalue weighted by atomic mass is 79.9. The van der Waals surface area contributed by atoms with Gasteiger partial charge in [0.25, 0.3) is 0 Å². The van der Waals surface area contributed by atoms with Gasteiger partial charge in [0, 0.05) is 107 Å². The zero-order valence-electron chi connectivity index (χ0n) is 56.6. The van der Waals surface area contributed by atoms with E-state index in [-0.39, 0.29) is 74.3 Å². The second-order valence-electron chi connectivity index (χ2n) is 24.9. The fourth-order valence-corrected chi connectivity index (χ4v) is 13.3. The minimum atomic E-state index is -0.461. The summed E-state index contributed by atoms with van der Waals surface area (Å²) in [7, 11) is 4.61. The predicted octanol–water partition coefficient (Wildman–Crippen LogP) is 14.9. The summed E-state index contributed by atoms with van der Waals surface area (Å²) in [6.07, 6.45) is 6.75. The lowest BCUT2D eigenvalue weighted by molar-refractivity contribution is 0.0499. The molecule has 9 aromatic rings. The minimum absolute atomic E-state index is 0.0193. The highest BCUT2D eigenvalue weighted by molar-refractivity contribution is 9.11. The van der Waals surface area contributed by atoms with Crippen LogP contribution in [-0.2, 0) is 14.2 Å². The van der Waals surface area contributed by atoms with Crippen LogP contribution in [0.15, 0.2) is 123 Å². The second kappa shape index (κ2) is 34.7. The molecule has 0 unspecified atom stereocenters. The Morgan fingerprint density at radius 1 is 0.417 bits per heavy atom. The van der Waals surface area contributed by atoms with Crippen LogP contribution in [0.5, 0.6) is 34.5 Å². The van der Waals surface area contributed by atoms with Crippen molar-refractivity contribution < 1.29 is 70.2 Å². The number of nitrogens with zero attached hydrogens (tertiary/aromatic N) is 10. The van der Waals surface area contributed by atoms with Gasteiger partial charge in [0.1, 0.15) is 73.7 Å². The minimum Gasteiger partial charge on any atom is -0.493 e. The molecule has 25 nitrogen and oxygen atoms in total. The Bertz CT molecular complexity index is 4060. The number of aromatic nitrogens is 6. The SMILES string of the molecule is COc1cc2c(Nc3ccc(Br)cc3F)ncnc2cc1OCC1CCN(C(=O)OCCN(CCOC(=O)N2CCC(COc3cc4ncnc(Nc5ccc(Br)cc5F)c4cc3OC)CC2)CCOC(=O)N2CCC(COc3cc4ncnc(Nc5ccc(Br)cc5F)c4cc3OC)CC2)CC1. The van der Waals surface area contributed by atoms with Crippen molar-refractivity contribution in [3.8, 4) is 34.5 Å². The number of likely N-dealkylation sites (tertiary alicyclic amines) is 3. The number of benzene rings is 6. The number of carbonyl (C=O) groups is 3. The van der Waals surface area contributed by atoms with Gasteiger partial charge in [0.05, 0.1) is 74.8 Å². The van der Waals surface area contributed by atoms with E-state index in [9.17, 15) is 27.6 Å². The van der Waals surface area contributed by atoms with Gasteiger partial charge >= 0.3 is 18.3 Å². The summed E-state index contributed by atoms with van der Waals surface area (Å²) in [6, 6.07) is 24.7. The first-order chi connectivity index (χ1) is 50.0. The van der Waals surface area contributed by atoms with E-state index >= 15 is 0 Å². The summed E-state index contributed by atoms with van der Waals surface area (Å²) in [6.45, 7) is 4.59. The summed E-state index contributed by atoms with van der Waals surface area (Å²) < 4.78 is 99.7. The fraction of sp³-hybridized carbons (Fsp3) is 0.375. The number of ether oxygens (including phenoxy) is 9. The van der Waals surface area contributed by atoms with Crippen LogP contribution in [0.1, 0.15) is 38.5 Å². The molecule has 6 aromatic carbocycles. The third-order valence-electron chi connectivity index (χ3n) is 18.3. The summed E-state index contributed by atoms with van der Waals surface area (Å²) >= 11 is 9.88. The molecule has 12 rings (SSSR count). The number of fused-ring (bicyclic) bond motifs is 3. The van der Waals surface area contributed by atoms with Crippen molar-refractivity contribution in [2.45, 2.75) is 38.5 Å². The monoisotopic (exact) mass is 1610 g/mol. The molecule has 0 aliphatic carbocycles. The quantitative estimate of drug-likeness (QED) is 0.0404. The highest BCUT2D eigenvalue weighted by Gasteiger charge is 2.30. The van der Waals surface area contributed by atoms with Crippen LogP contribution >= 0.6 is 47.8 Å². The molecule has 31 heteroatoms. The lowest BCUT2D eigenvalue weighted by Gasteiger charge is -2.32. The van der Waals surface area contributed by atoms with E-state index in [1.807, 2.05) is 4.90 Å². The molecule has 3 N–H and O–H groups in total. The molecule has 3 aliphatic rings. The maximum absolute atomic E-state index is 14.8. The Hall–Kier alpha value is -9.46. The van der Waals surface area contributed by atoms with Gasteiger partial charge in [-0.3, -0.25) is 4.90 Å².